The Labute approximate surface area is 178 Å². The molecule has 1 fully saturated rings. The summed E-state index contributed by atoms with van der Waals surface area (Å²) in [6.07, 6.45) is 1.00. The van der Waals surface area contributed by atoms with E-state index >= 15 is 0 Å². The van der Waals surface area contributed by atoms with Crippen LogP contribution in [0.5, 0.6) is 0 Å². The lowest BCUT2D eigenvalue weighted by Crippen LogP contribution is -2.34. The van der Waals surface area contributed by atoms with Crippen molar-refractivity contribution in [1.82, 2.24) is 9.55 Å². The summed E-state index contributed by atoms with van der Waals surface area (Å²) in [5, 5.41) is 0. The number of aromatic nitrogens is 2. The summed E-state index contributed by atoms with van der Waals surface area (Å²) in [5.41, 5.74) is 2.36. The lowest BCUT2D eigenvalue weighted by molar-refractivity contribution is -0.160. The van der Waals surface area contributed by atoms with Gasteiger partial charge in [0.05, 0.1) is 12.0 Å². The molecule has 1 aromatic rings. The van der Waals surface area contributed by atoms with E-state index in [9.17, 15) is 23.4 Å². The zero-order chi connectivity index (χ0) is 23.4. The number of anilines is 1. The molecule has 2 heterocycles. The van der Waals surface area contributed by atoms with E-state index in [2.05, 4.69) is 9.51 Å². The summed E-state index contributed by atoms with van der Waals surface area (Å²) < 4.78 is 47.9. The second kappa shape index (κ2) is 9.58. The van der Waals surface area contributed by atoms with Gasteiger partial charge >= 0.3 is 19.5 Å². The number of phosphoric ester groups is 1. The fraction of sp³-hybridized carbons (Fsp3) is 0.611. The molecule has 13 heteroatoms. The monoisotopic (exact) mass is 463 g/mol. The number of carbonyl (C=O) groups is 1. The predicted molar refractivity (Wildman–Crippen MR) is 107 cm³/mol. The largest absolute Gasteiger partial charge is 0.475 e. The Morgan fingerprint density at radius 1 is 1.52 bits per heavy atom. The quantitative estimate of drug-likeness (QED) is 0.254. The highest BCUT2D eigenvalue weighted by Gasteiger charge is 2.48. The fourth-order valence-electron chi connectivity index (χ4n) is 2.79. The van der Waals surface area contributed by atoms with Gasteiger partial charge in [-0.25, -0.2) is 18.3 Å². The van der Waals surface area contributed by atoms with Gasteiger partial charge in [-0.15, -0.1) is 0 Å². The van der Waals surface area contributed by atoms with E-state index in [1.807, 2.05) is 0 Å². The number of hydrogen-bond acceptors (Lipinski definition) is 9. The highest BCUT2D eigenvalue weighted by molar-refractivity contribution is 7.47. The number of hydrogen-bond donors (Lipinski definition) is 2. The number of nitrogen functional groups attached to an aromatic ring is 1. The molecule has 0 aliphatic carbocycles. The Bertz CT molecular complexity index is 931. The first kappa shape index (κ1) is 25.2. The van der Waals surface area contributed by atoms with Gasteiger partial charge in [0, 0.05) is 12.6 Å². The molecule has 1 unspecified atom stereocenters. The maximum Gasteiger partial charge on any atom is 0.475 e. The highest BCUT2D eigenvalue weighted by atomic mass is 31.2. The van der Waals surface area contributed by atoms with Crippen LogP contribution < -0.4 is 11.4 Å². The van der Waals surface area contributed by atoms with Crippen LogP contribution >= 0.6 is 7.82 Å². The number of nitrogens with zero attached hydrogens (tertiary/aromatic N) is 2. The topological polar surface area (TPSA) is 152 Å². The summed E-state index contributed by atoms with van der Waals surface area (Å²) >= 11 is 0. The molecular weight excluding hydrogens is 436 g/mol. The standard InChI is InChI=1S/C18H27FN3O8P/c1-5-7-18(10-28-31(25,26)29-11-27-15(23)17(2,3)4)9-12(19)14(30-18)22-8-6-13(20)21-16(22)24/h5-8,12,14H,9-11H2,1-4H3,(H,25,26)(H2,20,21,24)/b7-5+/t12-,14-,18+/m1/s1. The van der Waals surface area contributed by atoms with Gasteiger partial charge in [0.25, 0.3) is 0 Å². The summed E-state index contributed by atoms with van der Waals surface area (Å²) in [5.74, 6) is -0.661. The zero-order valence-corrected chi connectivity index (χ0v) is 18.6. The molecule has 31 heavy (non-hydrogen) atoms. The van der Waals surface area contributed by atoms with E-state index in [0.717, 1.165) is 4.57 Å². The SMILES string of the molecule is C/C=C/[C@@]1(COP(=O)(O)OCOC(=O)C(C)(C)C)C[C@@H](F)[C@H](n2ccc(N)nc2=O)O1. The number of halogens is 1. The minimum atomic E-state index is -4.66. The first-order valence-corrected chi connectivity index (χ1v) is 10.9. The van der Waals surface area contributed by atoms with Crippen molar-refractivity contribution in [2.24, 2.45) is 5.41 Å². The lowest BCUT2D eigenvalue weighted by Gasteiger charge is -2.26. The van der Waals surface area contributed by atoms with Gasteiger partial charge in [0.1, 0.15) is 17.6 Å². The average molecular weight is 463 g/mol. The molecule has 0 saturated carbocycles. The molecule has 0 bridgehead atoms. The van der Waals surface area contributed by atoms with Crippen LogP contribution in [0, 0.1) is 5.41 Å². The van der Waals surface area contributed by atoms with Crippen LogP contribution in [0.1, 0.15) is 40.3 Å². The summed E-state index contributed by atoms with van der Waals surface area (Å²) in [6, 6.07) is 1.32. The van der Waals surface area contributed by atoms with Crippen molar-refractivity contribution in [3.8, 4) is 0 Å². The molecule has 1 saturated heterocycles. The van der Waals surface area contributed by atoms with Crippen molar-refractivity contribution in [1.29, 1.82) is 0 Å². The number of allylic oxidation sites excluding steroid dienone is 1. The molecule has 1 aliphatic rings. The van der Waals surface area contributed by atoms with Gasteiger partial charge in [-0.2, -0.15) is 4.98 Å². The van der Waals surface area contributed by atoms with Crippen molar-refractivity contribution in [3.05, 3.63) is 34.9 Å². The Kier molecular flexibility index (Phi) is 7.77. The fourth-order valence-corrected chi connectivity index (χ4v) is 3.43. The second-order valence-electron chi connectivity index (χ2n) is 8.01. The highest BCUT2D eigenvalue weighted by Crippen LogP contribution is 2.47. The molecule has 0 amide bonds. The van der Waals surface area contributed by atoms with E-state index in [4.69, 9.17) is 19.7 Å². The molecule has 0 radical (unpaired) electrons. The number of rotatable bonds is 8. The first-order valence-electron chi connectivity index (χ1n) is 9.38. The average Bonchev–Trinajstić information content (AvgIpc) is 2.96. The third kappa shape index (κ3) is 6.68. The van der Waals surface area contributed by atoms with Crippen LogP contribution in [0.4, 0.5) is 10.2 Å². The van der Waals surface area contributed by atoms with Crippen LogP contribution in [0.15, 0.2) is 29.2 Å². The minimum absolute atomic E-state index is 0.0248. The lowest BCUT2D eigenvalue weighted by atomic mass is 9.98. The zero-order valence-electron chi connectivity index (χ0n) is 17.7. The Morgan fingerprint density at radius 3 is 2.77 bits per heavy atom. The van der Waals surface area contributed by atoms with Crippen molar-refractivity contribution in [2.45, 2.75) is 52.1 Å². The molecule has 1 aliphatic heterocycles. The van der Waals surface area contributed by atoms with E-state index in [0.29, 0.717) is 0 Å². The number of esters is 1. The number of alkyl halides is 1. The van der Waals surface area contributed by atoms with Crippen LogP contribution in [0.2, 0.25) is 0 Å². The van der Waals surface area contributed by atoms with E-state index in [1.165, 1.54) is 18.3 Å². The second-order valence-corrected chi connectivity index (χ2v) is 9.46. The number of carbonyl (C=O) groups excluding carboxylic acids is 1. The van der Waals surface area contributed by atoms with Crippen LogP contribution in [0.25, 0.3) is 0 Å². The number of nitrogens with two attached hydrogens (primary N) is 1. The van der Waals surface area contributed by atoms with Crippen LogP contribution in [0.3, 0.4) is 0 Å². The Morgan fingerprint density at radius 2 is 2.19 bits per heavy atom. The third-order valence-electron chi connectivity index (χ3n) is 4.29. The molecule has 2 rings (SSSR count). The molecule has 0 spiro atoms. The normalized spacial score (nSPS) is 26.1. The van der Waals surface area contributed by atoms with Crippen molar-refractivity contribution >= 4 is 19.6 Å². The molecule has 11 nitrogen and oxygen atoms in total. The number of phosphoric acid groups is 1. The molecule has 3 N–H and O–H groups in total. The van der Waals surface area contributed by atoms with Crippen molar-refractivity contribution in [3.63, 3.8) is 0 Å². The smallest absolute Gasteiger partial charge is 0.437 e. The van der Waals surface area contributed by atoms with Gasteiger partial charge in [0.15, 0.2) is 6.23 Å². The van der Waals surface area contributed by atoms with Gasteiger partial charge < -0.3 is 20.1 Å². The van der Waals surface area contributed by atoms with Gasteiger partial charge in [0.2, 0.25) is 6.79 Å². The molecule has 1 aromatic heterocycles. The molecular formula is C18H27FN3O8P. The van der Waals surface area contributed by atoms with Crippen molar-refractivity contribution in [2.75, 3.05) is 19.1 Å². The summed E-state index contributed by atoms with van der Waals surface area (Å²) in [6.45, 7) is 5.09. The Balaban J connectivity index is 2.06. The minimum Gasteiger partial charge on any atom is -0.437 e. The van der Waals surface area contributed by atoms with Gasteiger partial charge in [-0.05, 0) is 33.8 Å². The van der Waals surface area contributed by atoms with Crippen LogP contribution in [-0.4, -0.2) is 45.6 Å². The third-order valence-corrected chi connectivity index (χ3v) is 5.18. The molecule has 174 valence electrons. The summed E-state index contributed by atoms with van der Waals surface area (Å²) in [4.78, 5) is 37.1. The van der Waals surface area contributed by atoms with E-state index in [-0.39, 0.29) is 12.2 Å². The maximum atomic E-state index is 14.7. The maximum absolute atomic E-state index is 14.7. The van der Waals surface area contributed by atoms with Crippen LogP contribution in [-0.2, 0) is 27.9 Å². The van der Waals surface area contributed by atoms with Gasteiger partial charge in [-0.1, -0.05) is 12.2 Å². The summed E-state index contributed by atoms with van der Waals surface area (Å²) in [7, 11) is -4.66. The molecule has 4 atom stereocenters. The Hall–Kier alpha value is -2.11. The molecule has 0 aromatic carbocycles. The first-order chi connectivity index (χ1) is 14.3. The van der Waals surface area contributed by atoms with Gasteiger partial charge in [-0.3, -0.25) is 13.9 Å². The van der Waals surface area contributed by atoms with E-state index < -0.39 is 56.3 Å². The number of ether oxygens (including phenoxy) is 2. The predicted octanol–water partition coefficient (Wildman–Crippen LogP) is 2.08. The van der Waals surface area contributed by atoms with Crippen molar-refractivity contribution < 1.29 is 37.2 Å². The van der Waals surface area contributed by atoms with E-state index in [1.54, 1.807) is 33.8 Å².